The number of aldehydes is 1. The first kappa shape index (κ1) is 15.0. The van der Waals surface area contributed by atoms with Crippen LogP contribution in [-0.2, 0) is 4.79 Å². The molecule has 2 aromatic rings. The van der Waals surface area contributed by atoms with Crippen molar-refractivity contribution in [3.63, 3.8) is 0 Å². The highest BCUT2D eigenvalue weighted by Gasteiger charge is 2.25. The second-order valence-corrected chi connectivity index (χ2v) is 5.72. The van der Waals surface area contributed by atoms with E-state index in [0.717, 1.165) is 23.1 Å². The number of allylic oxidation sites excluding steroid dienone is 1. The van der Waals surface area contributed by atoms with Gasteiger partial charge in [-0.1, -0.05) is 6.07 Å². The molecule has 0 saturated carbocycles. The lowest BCUT2D eigenvalue weighted by Crippen LogP contribution is -2.13. The Kier molecular flexibility index (Phi) is 3.70. The van der Waals surface area contributed by atoms with Crippen LogP contribution < -0.4 is 21.1 Å². The second-order valence-electron chi connectivity index (χ2n) is 5.72. The molecule has 2 aromatic carbocycles. The van der Waals surface area contributed by atoms with Gasteiger partial charge in [0.2, 0.25) is 0 Å². The number of nitrogens with two attached hydrogens (primary N) is 2. The van der Waals surface area contributed by atoms with E-state index in [1.54, 1.807) is 18.2 Å². The first-order valence-corrected chi connectivity index (χ1v) is 7.32. The van der Waals surface area contributed by atoms with Gasteiger partial charge in [0.05, 0.1) is 17.3 Å². The van der Waals surface area contributed by atoms with Gasteiger partial charge in [-0.2, -0.15) is 0 Å². The highest BCUT2D eigenvalue weighted by atomic mass is 16.5. The van der Waals surface area contributed by atoms with E-state index in [9.17, 15) is 4.79 Å². The smallest absolute Gasteiger partial charge is 0.156 e. The van der Waals surface area contributed by atoms with Crippen molar-refractivity contribution in [2.45, 2.75) is 5.92 Å². The van der Waals surface area contributed by atoms with Gasteiger partial charge in [-0.05, 0) is 36.4 Å². The van der Waals surface area contributed by atoms with Crippen LogP contribution in [0.2, 0.25) is 0 Å². The number of hydrogen-bond acceptors (Lipinski definition) is 5. The Balaban J connectivity index is 2.03. The minimum absolute atomic E-state index is 0.366. The molecule has 1 aliphatic rings. The van der Waals surface area contributed by atoms with Crippen LogP contribution in [0.4, 0.5) is 17.1 Å². The van der Waals surface area contributed by atoms with Gasteiger partial charge in [-0.3, -0.25) is 0 Å². The molecule has 1 atom stereocenters. The van der Waals surface area contributed by atoms with Gasteiger partial charge in [-0.15, -0.1) is 0 Å². The average Bonchev–Trinajstić information content (AvgIpc) is 2.57. The standard InChI is InChI=1S/C18H19N3O2/c1-21(2)13-5-3-11(4-6-13)16-9-12(10-22)14-7-8-15(19)17(20)18(14)23-16/h3-10,12H,19-20H2,1-2H3. The molecule has 3 rings (SSSR count). The van der Waals surface area contributed by atoms with Gasteiger partial charge in [-0.25, -0.2) is 0 Å². The molecular weight excluding hydrogens is 290 g/mol. The fourth-order valence-electron chi connectivity index (χ4n) is 2.60. The van der Waals surface area contributed by atoms with E-state index >= 15 is 0 Å². The van der Waals surface area contributed by atoms with E-state index < -0.39 is 5.92 Å². The van der Waals surface area contributed by atoms with E-state index in [1.165, 1.54) is 0 Å². The van der Waals surface area contributed by atoms with Crippen LogP contribution in [0.5, 0.6) is 5.75 Å². The van der Waals surface area contributed by atoms with Gasteiger partial charge in [0, 0.05) is 30.9 Å². The second kappa shape index (κ2) is 5.68. The normalized spacial score (nSPS) is 16.1. The summed E-state index contributed by atoms with van der Waals surface area (Å²) in [6.45, 7) is 0. The average molecular weight is 309 g/mol. The fraction of sp³-hybridized carbons (Fsp3) is 0.167. The Bertz CT molecular complexity index is 780. The summed E-state index contributed by atoms with van der Waals surface area (Å²) in [5.41, 5.74) is 15.4. The molecule has 0 fully saturated rings. The molecule has 5 nitrogen and oxygen atoms in total. The number of benzene rings is 2. The topological polar surface area (TPSA) is 81.6 Å². The number of nitrogen functional groups attached to an aromatic ring is 2. The fourth-order valence-corrected chi connectivity index (χ4v) is 2.60. The van der Waals surface area contributed by atoms with Crippen molar-refractivity contribution in [2.24, 2.45) is 0 Å². The summed E-state index contributed by atoms with van der Waals surface area (Å²) in [5, 5.41) is 0. The van der Waals surface area contributed by atoms with E-state index in [-0.39, 0.29) is 0 Å². The number of anilines is 3. The maximum absolute atomic E-state index is 11.5. The zero-order valence-corrected chi connectivity index (χ0v) is 13.1. The molecule has 0 saturated heterocycles. The van der Waals surface area contributed by atoms with Gasteiger partial charge in [0.1, 0.15) is 12.0 Å². The van der Waals surface area contributed by atoms with Crippen molar-refractivity contribution in [1.82, 2.24) is 0 Å². The van der Waals surface area contributed by atoms with E-state index in [1.807, 2.05) is 43.3 Å². The number of ether oxygens (including phenoxy) is 1. The molecule has 5 heteroatoms. The van der Waals surface area contributed by atoms with Crippen molar-refractivity contribution < 1.29 is 9.53 Å². The molecule has 0 aromatic heterocycles. The molecule has 1 unspecified atom stereocenters. The molecule has 1 heterocycles. The largest absolute Gasteiger partial charge is 0.454 e. The van der Waals surface area contributed by atoms with Gasteiger partial charge >= 0.3 is 0 Å². The Hall–Kier alpha value is -2.95. The summed E-state index contributed by atoms with van der Waals surface area (Å²) in [6.07, 6.45) is 2.68. The van der Waals surface area contributed by atoms with Crippen LogP contribution in [0, 0.1) is 0 Å². The Morgan fingerprint density at radius 1 is 1.09 bits per heavy atom. The number of carbonyl (C=O) groups is 1. The molecule has 0 spiro atoms. The van der Waals surface area contributed by atoms with Crippen molar-refractivity contribution in [3.05, 3.63) is 53.6 Å². The van der Waals surface area contributed by atoms with E-state index in [0.29, 0.717) is 22.9 Å². The summed E-state index contributed by atoms with van der Waals surface area (Å²) < 4.78 is 5.95. The first-order chi connectivity index (χ1) is 11.0. The Labute approximate surface area is 135 Å². The summed E-state index contributed by atoms with van der Waals surface area (Å²) in [4.78, 5) is 13.5. The molecule has 0 amide bonds. The van der Waals surface area contributed by atoms with Crippen LogP contribution in [-0.4, -0.2) is 20.4 Å². The van der Waals surface area contributed by atoms with Gasteiger partial charge in [0.15, 0.2) is 5.75 Å². The molecule has 0 radical (unpaired) electrons. The minimum atomic E-state index is -0.398. The number of nitrogens with zero attached hydrogens (tertiary/aromatic N) is 1. The number of rotatable bonds is 3. The third kappa shape index (κ3) is 2.61. The van der Waals surface area contributed by atoms with E-state index in [2.05, 4.69) is 0 Å². The molecule has 0 aliphatic carbocycles. The van der Waals surface area contributed by atoms with Crippen molar-refractivity contribution in [3.8, 4) is 5.75 Å². The zero-order chi connectivity index (χ0) is 16.6. The lowest BCUT2D eigenvalue weighted by molar-refractivity contribution is -0.108. The number of carbonyl (C=O) groups excluding carboxylic acids is 1. The highest BCUT2D eigenvalue weighted by Crippen LogP contribution is 2.42. The quantitative estimate of drug-likeness (QED) is 0.673. The van der Waals surface area contributed by atoms with Crippen LogP contribution >= 0.6 is 0 Å². The molecule has 0 bridgehead atoms. The summed E-state index contributed by atoms with van der Waals surface area (Å²) in [5.74, 6) is 0.679. The predicted octanol–water partition coefficient (Wildman–Crippen LogP) is 2.63. The SMILES string of the molecule is CN(C)c1ccc(C2=CC(C=O)c3ccc(N)c(N)c3O2)cc1. The number of fused-ring (bicyclic) bond motifs is 1. The Morgan fingerprint density at radius 3 is 2.39 bits per heavy atom. The molecular formula is C18H19N3O2. The molecule has 4 N–H and O–H groups in total. The minimum Gasteiger partial charge on any atom is -0.454 e. The third-order valence-electron chi connectivity index (χ3n) is 3.98. The monoisotopic (exact) mass is 309 g/mol. The number of hydrogen-bond donors (Lipinski definition) is 2. The van der Waals surface area contributed by atoms with Crippen molar-refractivity contribution in [2.75, 3.05) is 30.5 Å². The van der Waals surface area contributed by atoms with Gasteiger partial charge < -0.3 is 25.9 Å². The maximum atomic E-state index is 11.5. The molecule has 23 heavy (non-hydrogen) atoms. The van der Waals surface area contributed by atoms with Gasteiger partial charge in [0.25, 0.3) is 0 Å². The first-order valence-electron chi connectivity index (χ1n) is 7.32. The maximum Gasteiger partial charge on any atom is 0.156 e. The van der Waals surface area contributed by atoms with Crippen LogP contribution in [0.3, 0.4) is 0 Å². The van der Waals surface area contributed by atoms with Crippen LogP contribution in [0.25, 0.3) is 5.76 Å². The van der Waals surface area contributed by atoms with Crippen molar-refractivity contribution in [1.29, 1.82) is 0 Å². The lowest BCUT2D eigenvalue weighted by Gasteiger charge is -2.24. The third-order valence-corrected chi connectivity index (χ3v) is 3.98. The molecule has 118 valence electrons. The predicted molar refractivity (Wildman–Crippen MR) is 93.4 cm³/mol. The zero-order valence-electron chi connectivity index (χ0n) is 13.1. The lowest BCUT2D eigenvalue weighted by atomic mass is 9.94. The van der Waals surface area contributed by atoms with Crippen LogP contribution in [0.1, 0.15) is 17.0 Å². The summed E-state index contributed by atoms with van der Waals surface area (Å²) >= 11 is 0. The highest BCUT2D eigenvalue weighted by molar-refractivity contribution is 5.83. The van der Waals surface area contributed by atoms with Crippen molar-refractivity contribution >= 4 is 29.1 Å². The van der Waals surface area contributed by atoms with Crippen LogP contribution in [0.15, 0.2) is 42.5 Å². The Morgan fingerprint density at radius 2 is 1.78 bits per heavy atom. The van der Waals surface area contributed by atoms with E-state index in [4.69, 9.17) is 16.2 Å². The summed E-state index contributed by atoms with van der Waals surface area (Å²) in [7, 11) is 3.96. The molecule has 1 aliphatic heterocycles. The summed E-state index contributed by atoms with van der Waals surface area (Å²) in [6, 6.07) is 11.4.